The van der Waals surface area contributed by atoms with Crippen molar-refractivity contribution in [2.45, 2.75) is 0 Å². The normalized spacial score (nSPS) is 10.2. The number of hydrogen-bond acceptors (Lipinski definition) is 5. The molecule has 0 spiro atoms. The summed E-state index contributed by atoms with van der Waals surface area (Å²) in [4.78, 5) is 11.8. The van der Waals surface area contributed by atoms with E-state index < -0.39 is 17.5 Å². The largest absolute Gasteiger partial charge is 0.484 e. The maximum atomic E-state index is 13.6. The van der Waals surface area contributed by atoms with Gasteiger partial charge < -0.3 is 15.4 Å². The summed E-state index contributed by atoms with van der Waals surface area (Å²) in [6.45, 7) is -0.188. The Hall–Kier alpha value is -3.55. The van der Waals surface area contributed by atoms with E-state index in [2.05, 4.69) is 20.8 Å². The highest BCUT2D eigenvalue weighted by Gasteiger charge is 2.10. The van der Waals surface area contributed by atoms with Crippen LogP contribution in [0.2, 0.25) is 0 Å². The molecule has 1 heterocycles. The Morgan fingerprint density at radius 3 is 2.19 bits per heavy atom. The van der Waals surface area contributed by atoms with Gasteiger partial charge in [0.05, 0.1) is 0 Å². The average Bonchev–Trinajstić information content (AvgIpc) is 2.65. The fourth-order valence-electron chi connectivity index (χ4n) is 2.06. The molecule has 6 nitrogen and oxygen atoms in total. The van der Waals surface area contributed by atoms with Crippen LogP contribution < -0.4 is 15.4 Å². The van der Waals surface area contributed by atoms with Crippen LogP contribution in [0.3, 0.4) is 0 Å². The van der Waals surface area contributed by atoms with Crippen molar-refractivity contribution < 1.29 is 18.3 Å². The van der Waals surface area contributed by atoms with E-state index in [1.807, 2.05) is 6.07 Å². The minimum absolute atomic E-state index is 0.132. The number of halogens is 2. The zero-order chi connectivity index (χ0) is 18.4. The number of ether oxygens (including phenoxy) is 1. The van der Waals surface area contributed by atoms with E-state index in [9.17, 15) is 13.6 Å². The van der Waals surface area contributed by atoms with E-state index in [1.54, 1.807) is 24.3 Å². The Morgan fingerprint density at radius 2 is 1.54 bits per heavy atom. The second-order valence-electron chi connectivity index (χ2n) is 5.18. The van der Waals surface area contributed by atoms with Gasteiger partial charge in [0, 0.05) is 0 Å². The predicted molar refractivity (Wildman–Crippen MR) is 92.2 cm³/mol. The fraction of sp³-hybridized carbons (Fsp3) is 0.0556. The lowest BCUT2D eigenvalue weighted by Gasteiger charge is -2.09. The molecule has 2 N–H and O–H groups in total. The van der Waals surface area contributed by atoms with Crippen molar-refractivity contribution in [1.82, 2.24) is 10.2 Å². The molecule has 0 aliphatic rings. The van der Waals surface area contributed by atoms with Crippen molar-refractivity contribution in [3.05, 3.63) is 72.3 Å². The van der Waals surface area contributed by atoms with Gasteiger partial charge >= 0.3 is 0 Å². The number of benzene rings is 2. The van der Waals surface area contributed by atoms with Gasteiger partial charge in [-0.25, -0.2) is 8.78 Å². The molecule has 132 valence electrons. The molecule has 0 aliphatic heterocycles. The first-order chi connectivity index (χ1) is 12.6. The van der Waals surface area contributed by atoms with Crippen molar-refractivity contribution in [3.63, 3.8) is 0 Å². The van der Waals surface area contributed by atoms with Crippen molar-refractivity contribution in [3.8, 4) is 5.75 Å². The maximum Gasteiger partial charge on any atom is 0.263 e. The molecule has 0 unspecified atom stereocenters. The van der Waals surface area contributed by atoms with Gasteiger partial charge in [0.1, 0.15) is 23.1 Å². The SMILES string of the molecule is O=C(COc1ccccc1)Nc1ccc(Nc2c(F)cccc2F)nn1. The molecular formula is C18H14F2N4O2. The molecule has 0 saturated carbocycles. The monoisotopic (exact) mass is 356 g/mol. The lowest BCUT2D eigenvalue weighted by molar-refractivity contribution is -0.118. The highest BCUT2D eigenvalue weighted by atomic mass is 19.1. The van der Waals surface area contributed by atoms with Crippen LogP contribution >= 0.6 is 0 Å². The molecule has 0 radical (unpaired) electrons. The van der Waals surface area contributed by atoms with Crippen LogP contribution in [-0.4, -0.2) is 22.7 Å². The summed E-state index contributed by atoms with van der Waals surface area (Å²) in [6.07, 6.45) is 0. The van der Waals surface area contributed by atoms with Crippen molar-refractivity contribution in [1.29, 1.82) is 0 Å². The third-order valence-corrected chi connectivity index (χ3v) is 3.26. The summed E-state index contributed by atoms with van der Waals surface area (Å²) in [5, 5.41) is 12.6. The molecule has 1 amide bonds. The van der Waals surface area contributed by atoms with Gasteiger partial charge in [0.15, 0.2) is 18.2 Å². The Kier molecular flexibility index (Phi) is 5.33. The molecule has 3 rings (SSSR count). The quantitative estimate of drug-likeness (QED) is 0.707. The smallest absolute Gasteiger partial charge is 0.263 e. The number of amides is 1. The van der Waals surface area contributed by atoms with Gasteiger partial charge in [-0.15, -0.1) is 10.2 Å². The second-order valence-corrected chi connectivity index (χ2v) is 5.18. The topological polar surface area (TPSA) is 76.1 Å². The first-order valence-corrected chi connectivity index (χ1v) is 7.64. The zero-order valence-electron chi connectivity index (χ0n) is 13.4. The van der Waals surface area contributed by atoms with Crippen molar-refractivity contribution in [2.24, 2.45) is 0 Å². The summed E-state index contributed by atoms with van der Waals surface area (Å²) in [5.41, 5.74) is -0.324. The minimum Gasteiger partial charge on any atom is -0.484 e. The molecule has 0 aliphatic carbocycles. The molecule has 0 saturated heterocycles. The first kappa shape index (κ1) is 17.3. The van der Waals surface area contributed by atoms with E-state index in [-0.39, 0.29) is 23.9 Å². The molecule has 2 aromatic carbocycles. The van der Waals surface area contributed by atoms with Gasteiger partial charge in [-0.05, 0) is 36.4 Å². The highest BCUT2D eigenvalue weighted by molar-refractivity contribution is 5.90. The number of carbonyl (C=O) groups excluding carboxylic acids is 1. The molecule has 0 fully saturated rings. The van der Waals surface area contributed by atoms with Gasteiger partial charge in [-0.2, -0.15) is 0 Å². The zero-order valence-corrected chi connectivity index (χ0v) is 13.4. The average molecular weight is 356 g/mol. The van der Waals surface area contributed by atoms with Crippen molar-refractivity contribution >= 4 is 23.2 Å². The van der Waals surface area contributed by atoms with Crippen LogP contribution in [0.5, 0.6) is 5.75 Å². The van der Waals surface area contributed by atoms with Crippen LogP contribution in [0.25, 0.3) is 0 Å². The van der Waals surface area contributed by atoms with E-state index in [4.69, 9.17) is 4.74 Å². The minimum atomic E-state index is -0.748. The summed E-state index contributed by atoms with van der Waals surface area (Å²) in [6, 6.07) is 15.3. The molecule has 0 atom stereocenters. The number of para-hydroxylation sites is 2. The number of nitrogens with zero attached hydrogens (tertiary/aromatic N) is 2. The summed E-state index contributed by atoms with van der Waals surface area (Å²) in [5.74, 6) is -1.02. The van der Waals surface area contributed by atoms with Gasteiger partial charge in [0.25, 0.3) is 5.91 Å². The van der Waals surface area contributed by atoms with Crippen LogP contribution in [-0.2, 0) is 4.79 Å². The van der Waals surface area contributed by atoms with Gasteiger partial charge in [0.2, 0.25) is 0 Å². The van der Waals surface area contributed by atoms with Crippen LogP contribution in [0, 0.1) is 11.6 Å². The summed E-state index contributed by atoms with van der Waals surface area (Å²) in [7, 11) is 0. The molecule has 3 aromatic rings. The number of nitrogens with one attached hydrogen (secondary N) is 2. The Balaban J connectivity index is 1.56. The molecule has 0 bridgehead atoms. The molecular weight excluding hydrogens is 342 g/mol. The number of anilines is 3. The maximum absolute atomic E-state index is 13.6. The first-order valence-electron chi connectivity index (χ1n) is 7.64. The van der Waals surface area contributed by atoms with E-state index in [1.165, 1.54) is 18.2 Å². The van der Waals surface area contributed by atoms with E-state index in [0.717, 1.165) is 12.1 Å². The second kappa shape index (κ2) is 8.02. The van der Waals surface area contributed by atoms with Crippen molar-refractivity contribution in [2.75, 3.05) is 17.2 Å². The predicted octanol–water partition coefficient (Wildman–Crippen LogP) is 3.52. The Morgan fingerprint density at radius 1 is 0.885 bits per heavy atom. The van der Waals surface area contributed by atoms with Gasteiger partial charge in [-0.3, -0.25) is 4.79 Å². The lowest BCUT2D eigenvalue weighted by Crippen LogP contribution is -2.21. The van der Waals surface area contributed by atoms with E-state index >= 15 is 0 Å². The summed E-state index contributed by atoms with van der Waals surface area (Å²) >= 11 is 0. The van der Waals surface area contributed by atoms with E-state index in [0.29, 0.717) is 5.75 Å². The standard InChI is InChI=1S/C18H14F2N4O2/c19-13-7-4-8-14(20)18(13)22-16-10-9-15(23-24-16)21-17(25)11-26-12-5-2-1-3-6-12/h1-10H,11H2,(H,22,24)(H,21,23,25). The summed E-state index contributed by atoms with van der Waals surface area (Å²) < 4.78 is 32.5. The highest BCUT2D eigenvalue weighted by Crippen LogP contribution is 2.22. The fourth-order valence-corrected chi connectivity index (χ4v) is 2.06. The molecule has 1 aromatic heterocycles. The third-order valence-electron chi connectivity index (χ3n) is 3.26. The van der Waals surface area contributed by atoms with Crippen LogP contribution in [0.15, 0.2) is 60.7 Å². The number of carbonyl (C=O) groups is 1. The van der Waals surface area contributed by atoms with Crippen LogP contribution in [0.1, 0.15) is 0 Å². The number of aromatic nitrogens is 2. The van der Waals surface area contributed by atoms with Crippen LogP contribution in [0.4, 0.5) is 26.1 Å². The Labute approximate surface area is 147 Å². The molecule has 26 heavy (non-hydrogen) atoms. The Bertz CT molecular complexity index is 869. The number of hydrogen-bond donors (Lipinski definition) is 2. The number of rotatable bonds is 6. The van der Waals surface area contributed by atoms with Gasteiger partial charge in [-0.1, -0.05) is 24.3 Å². The molecule has 8 heteroatoms. The third kappa shape index (κ3) is 4.50. The lowest BCUT2D eigenvalue weighted by atomic mass is 10.3.